The maximum atomic E-state index is 4.57. The predicted molar refractivity (Wildman–Crippen MR) is 73.3 cm³/mol. The summed E-state index contributed by atoms with van der Waals surface area (Å²) >= 11 is 3.44. The van der Waals surface area contributed by atoms with Crippen LogP contribution in [-0.4, -0.2) is 21.7 Å². The number of hydrogen-bond acceptors (Lipinski definition) is 3. The highest BCUT2D eigenvalue weighted by Crippen LogP contribution is 2.20. The zero-order valence-electron chi connectivity index (χ0n) is 9.99. The minimum atomic E-state index is 0.333. The van der Waals surface area contributed by atoms with Crippen LogP contribution in [0.5, 0.6) is 0 Å². The Bertz CT molecular complexity index is 514. The number of halogens is 1. The molecule has 0 aliphatic carbocycles. The van der Waals surface area contributed by atoms with E-state index >= 15 is 0 Å². The average Bonchev–Trinajstić information content (AvgIpc) is 3.02. The van der Waals surface area contributed by atoms with Crippen LogP contribution < -0.4 is 5.32 Å². The maximum absolute atomic E-state index is 4.57. The van der Waals surface area contributed by atoms with Crippen LogP contribution in [-0.2, 0) is 6.42 Å². The zero-order chi connectivity index (χ0) is 12.4. The van der Waals surface area contributed by atoms with Crippen LogP contribution >= 0.6 is 15.9 Å². The van der Waals surface area contributed by atoms with Crippen molar-refractivity contribution in [2.24, 2.45) is 0 Å². The molecule has 0 bridgehead atoms. The van der Waals surface area contributed by atoms with E-state index in [2.05, 4.69) is 48.6 Å². The molecule has 5 heteroatoms. The molecule has 2 aromatic rings. The second-order valence-corrected chi connectivity index (χ2v) is 5.51. The fourth-order valence-corrected chi connectivity index (χ4v) is 2.51. The van der Waals surface area contributed by atoms with E-state index in [1.54, 1.807) is 0 Å². The molecule has 1 aromatic carbocycles. The number of rotatable bonds is 3. The van der Waals surface area contributed by atoms with Crippen LogP contribution in [0, 0.1) is 0 Å². The van der Waals surface area contributed by atoms with Crippen LogP contribution in [0.25, 0.3) is 0 Å². The first-order chi connectivity index (χ1) is 8.81. The molecule has 94 valence electrons. The largest absolute Gasteiger partial charge is 0.307 e. The number of hydrogen-bond donors (Lipinski definition) is 2. The van der Waals surface area contributed by atoms with Crippen LogP contribution in [0.4, 0.5) is 0 Å². The summed E-state index contributed by atoms with van der Waals surface area (Å²) in [5.41, 5.74) is 1.24. The van der Waals surface area contributed by atoms with Gasteiger partial charge in [-0.25, -0.2) is 4.98 Å². The summed E-state index contributed by atoms with van der Waals surface area (Å²) in [7, 11) is 0. The molecule has 2 heterocycles. The molecule has 0 amide bonds. The van der Waals surface area contributed by atoms with Crippen molar-refractivity contribution >= 4 is 15.9 Å². The smallest absolute Gasteiger partial charge is 0.167 e. The van der Waals surface area contributed by atoms with Crippen LogP contribution in [0.15, 0.2) is 28.7 Å². The number of aromatic amines is 1. The first kappa shape index (κ1) is 11.9. The normalized spacial score (nSPS) is 19.3. The van der Waals surface area contributed by atoms with Gasteiger partial charge in [0.05, 0.1) is 6.04 Å². The molecule has 1 aliphatic rings. The lowest BCUT2D eigenvalue weighted by atomic mass is 10.1. The number of nitrogens with zero attached hydrogens (tertiary/aromatic N) is 2. The summed E-state index contributed by atoms with van der Waals surface area (Å²) in [5, 5.41) is 10.7. The lowest BCUT2D eigenvalue weighted by molar-refractivity contribution is 0.607. The summed E-state index contributed by atoms with van der Waals surface area (Å²) in [5.74, 6) is 1.83. The number of aromatic nitrogens is 3. The van der Waals surface area contributed by atoms with Crippen molar-refractivity contribution < 1.29 is 0 Å². The van der Waals surface area contributed by atoms with Crippen molar-refractivity contribution in [2.45, 2.75) is 25.3 Å². The fourth-order valence-electron chi connectivity index (χ4n) is 2.25. The Labute approximate surface area is 114 Å². The van der Waals surface area contributed by atoms with Crippen molar-refractivity contribution in [3.63, 3.8) is 0 Å². The Balaban J connectivity index is 1.71. The van der Waals surface area contributed by atoms with Gasteiger partial charge in [0.25, 0.3) is 0 Å². The van der Waals surface area contributed by atoms with E-state index in [0.29, 0.717) is 6.04 Å². The molecule has 1 fully saturated rings. The van der Waals surface area contributed by atoms with Gasteiger partial charge in [0.15, 0.2) is 5.82 Å². The highest BCUT2D eigenvalue weighted by atomic mass is 79.9. The number of nitrogens with one attached hydrogen (secondary N) is 2. The Hall–Kier alpha value is -1.20. The first-order valence-electron chi connectivity index (χ1n) is 6.20. The average molecular weight is 307 g/mol. The van der Waals surface area contributed by atoms with Gasteiger partial charge in [0.2, 0.25) is 0 Å². The molecule has 0 radical (unpaired) electrons. The minimum Gasteiger partial charge on any atom is -0.307 e. The van der Waals surface area contributed by atoms with Crippen molar-refractivity contribution in [3.8, 4) is 0 Å². The van der Waals surface area contributed by atoms with Crippen molar-refractivity contribution in [1.82, 2.24) is 20.5 Å². The van der Waals surface area contributed by atoms with Gasteiger partial charge in [0.1, 0.15) is 5.82 Å². The highest BCUT2D eigenvalue weighted by molar-refractivity contribution is 9.10. The molecule has 4 nitrogen and oxygen atoms in total. The van der Waals surface area contributed by atoms with E-state index < -0.39 is 0 Å². The van der Waals surface area contributed by atoms with Crippen molar-refractivity contribution in [2.75, 3.05) is 6.54 Å². The van der Waals surface area contributed by atoms with Crippen LogP contribution in [0.1, 0.15) is 36.1 Å². The van der Waals surface area contributed by atoms with Gasteiger partial charge in [0, 0.05) is 10.9 Å². The van der Waals surface area contributed by atoms with Crippen molar-refractivity contribution in [3.05, 3.63) is 46.0 Å². The van der Waals surface area contributed by atoms with E-state index in [0.717, 1.165) is 35.5 Å². The second-order valence-electron chi connectivity index (χ2n) is 4.59. The molecule has 1 unspecified atom stereocenters. The molecule has 1 aliphatic heterocycles. The lowest BCUT2D eigenvalue weighted by Crippen LogP contribution is -2.14. The fraction of sp³-hybridized carbons (Fsp3) is 0.385. The summed E-state index contributed by atoms with van der Waals surface area (Å²) in [4.78, 5) is 4.57. The van der Waals surface area contributed by atoms with E-state index in [1.165, 1.54) is 12.0 Å². The molecule has 3 rings (SSSR count). The van der Waals surface area contributed by atoms with Gasteiger partial charge in [-0.15, -0.1) is 0 Å². The van der Waals surface area contributed by atoms with Gasteiger partial charge in [-0.3, -0.25) is 5.10 Å². The monoisotopic (exact) mass is 306 g/mol. The Morgan fingerprint density at radius 1 is 1.28 bits per heavy atom. The van der Waals surface area contributed by atoms with Gasteiger partial charge in [-0.1, -0.05) is 28.1 Å². The highest BCUT2D eigenvalue weighted by Gasteiger charge is 2.20. The molecule has 18 heavy (non-hydrogen) atoms. The minimum absolute atomic E-state index is 0.333. The van der Waals surface area contributed by atoms with Crippen LogP contribution in [0.2, 0.25) is 0 Å². The summed E-state index contributed by atoms with van der Waals surface area (Å²) in [6.45, 7) is 1.07. The Morgan fingerprint density at radius 2 is 2.11 bits per heavy atom. The maximum Gasteiger partial charge on any atom is 0.167 e. The zero-order valence-corrected chi connectivity index (χ0v) is 11.6. The SMILES string of the molecule is Brc1ccc(Cc2nc(C3CCCN3)n[nH]2)cc1. The van der Waals surface area contributed by atoms with E-state index in [9.17, 15) is 0 Å². The third kappa shape index (κ3) is 2.62. The third-order valence-electron chi connectivity index (χ3n) is 3.21. The van der Waals surface area contributed by atoms with E-state index in [1.807, 2.05) is 12.1 Å². The summed E-state index contributed by atoms with van der Waals surface area (Å²) < 4.78 is 1.10. The molecule has 1 aromatic heterocycles. The lowest BCUT2D eigenvalue weighted by Gasteiger charge is -2.02. The molecular weight excluding hydrogens is 292 g/mol. The number of H-pyrrole nitrogens is 1. The Morgan fingerprint density at radius 3 is 2.83 bits per heavy atom. The van der Waals surface area contributed by atoms with Crippen LogP contribution in [0.3, 0.4) is 0 Å². The third-order valence-corrected chi connectivity index (χ3v) is 3.73. The quantitative estimate of drug-likeness (QED) is 0.916. The number of benzene rings is 1. The Kier molecular flexibility index (Phi) is 3.43. The summed E-state index contributed by atoms with van der Waals surface area (Å²) in [6.07, 6.45) is 3.14. The molecule has 1 atom stereocenters. The first-order valence-corrected chi connectivity index (χ1v) is 6.99. The standard InChI is InChI=1S/C13H15BrN4/c14-10-5-3-9(4-6-10)8-12-16-13(18-17-12)11-2-1-7-15-11/h3-6,11,15H,1-2,7-8H2,(H,16,17,18). The van der Waals surface area contributed by atoms with E-state index in [4.69, 9.17) is 0 Å². The topological polar surface area (TPSA) is 53.6 Å². The summed E-state index contributed by atoms with van der Waals surface area (Å²) in [6, 6.07) is 8.62. The van der Waals surface area contributed by atoms with Gasteiger partial charge >= 0.3 is 0 Å². The van der Waals surface area contributed by atoms with Crippen molar-refractivity contribution in [1.29, 1.82) is 0 Å². The molecule has 0 spiro atoms. The van der Waals surface area contributed by atoms with Gasteiger partial charge in [-0.05, 0) is 37.1 Å². The molecule has 1 saturated heterocycles. The second kappa shape index (κ2) is 5.20. The van der Waals surface area contributed by atoms with Gasteiger partial charge in [-0.2, -0.15) is 5.10 Å². The predicted octanol–water partition coefficient (Wildman–Crippen LogP) is 2.58. The van der Waals surface area contributed by atoms with E-state index in [-0.39, 0.29) is 0 Å². The molecule has 0 saturated carbocycles. The molecule has 2 N–H and O–H groups in total. The van der Waals surface area contributed by atoms with Gasteiger partial charge < -0.3 is 5.32 Å². The molecular formula is C13H15BrN4.